The molecule has 110 valence electrons. The van der Waals surface area contributed by atoms with E-state index in [0.717, 1.165) is 38.8 Å². The molecule has 1 aromatic carbocycles. The van der Waals surface area contributed by atoms with Crippen molar-refractivity contribution in [3.63, 3.8) is 0 Å². The highest BCUT2D eigenvalue weighted by Gasteiger charge is 2.49. The average Bonchev–Trinajstić information content (AvgIpc) is 3.28. The molecule has 1 heterocycles. The molecular weight excluding hydrogens is 294 g/mol. The van der Waals surface area contributed by atoms with Gasteiger partial charge in [0.1, 0.15) is 11.0 Å². The topological polar surface area (TPSA) is 40.5 Å². The maximum atomic E-state index is 12.6. The maximum Gasteiger partial charge on any atom is 0.129 e. The lowest BCUT2D eigenvalue weighted by Gasteiger charge is -2.35. The summed E-state index contributed by atoms with van der Waals surface area (Å²) >= 11 is 6.12. The minimum Gasteiger partial charge on any atom is -0.396 e. The first-order valence-electron chi connectivity index (χ1n) is 7.18. The van der Waals surface area contributed by atoms with Crippen molar-refractivity contribution in [2.75, 3.05) is 19.7 Å². The molecule has 0 radical (unpaired) electrons. The molecule has 1 aliphatic heterocycles. The highest BCUT2D eigenvalue weighted by molar-refractivity contribution is 7.82. The standard InChI is InChI=1S/C15H20ClNO2S/c16-13-3-1-2-4-14(13)20(19)17-9-5-12(6-10-17)15(11-18)7-8-15/h1-4,12,18H,5-11H2. The van der Waals surface area contributed by atoms with Gasteiger partial charge in [0.15, 0.2) is 0 Å². The van der Waals surface area contributed by atoms with Gasteiger partial charge in [-0.2, -0.15) is 0 Å². The Balaban J connectivity index is 1.64. The Bertz CT molecular complexity index is 510. The van der Waals surface area contributed by atoms with Gasteiger partial charge in [0.2, 0.25) is 0 Å². The van der Waals surface area contributed by atoms with Crippen LogP contribution in [0, 0.1) is 11.3 Å². The van der Waals surface area contributed by atoms with Gasteiger partial charge in [-0.25, -0.2) is 8.51 Å². The van der Waals surface area contributed by atoms with Crippen molar-refractivity contribution in [2.45, 2.75) is 30.6 Å². The number of hydrogen-bond donors (Lipinski definition) is 1. The Hall–Kier alpha value is -0.420. The van der Waals surface area contributed by atoms with Crippen LogP contribution in [0.25, 0.3) is 0 Å². The summed E-state index contributed by atoms with van der Waals surface area (Å²) in [6, 6.07) is 7.34. The molecule has 0 amide bonds. The summed E-state index contributed by atoms with van der Waals surface area (Å²) in [5, 5.41) is 10.1. The lowest BCUT2D eigenvalue weighted by atomic mass is 9.82. The minimum absolute atomic E-state index is 0.192. The van der Waals surface area contributed by atoms with Gasteiger partial charge in [-0.3, -0.25) is 0 Å². The first-order chi connectivity index (χ1) is 9.66. The molecule has 1 saturated carbocycles. The van der Waals surface area contributed by atoms with Crippen molar-refractivity contribution >= 4 is 22.6 Å². The van der Waals surface area contributed by atoms with Crippen LogP contribution in [-0.4, -0.2) is 33.3 Å². The summed E-state index contributed by atoms with van der Waals surface area (Å²) in [6.07, 6.45) is 4.36. The Morgan fingerprint density at radius 2 is 1.95 bits per heavy atom. The first kappa shape index (κ1) is 14.5. The molecule has 1 atom stereocenters. The fourth-order valence-corrected chi connectivity index (χ4v) is 4.80. The smallest absolute Gasteiger partial charge is 0.129 e. The first-order valence-corrected chi connectivity index (χ1v) is 8.67. The Morgan fingerprint density at radius 3 is 2.50 bits per heavy atom. The largest absolute Gasteiger partial charge is 0.396 e. The molecule has 0 aromatic heterocycles. The van der Waals surface area contributed by atoms with E-state index in [0.29, 0.717) is 22.4 Å². The maximum absolute atomic E-state index is 12.6. The number of hydrogen-bond acceptors (Lipinski definition) is 2. The summed E-state index contributed by atoms with van der Waals surface area (Å²) in [6.45, 7) is 1.96. The second-order valence-corrected chi connectivity index (χ2v) is 7.77. The third-order valence-electron chi connectivity index (χ3n) is 4.79. The quantitative estimate of drug-likeness (QED) is 0.928. The van der Waals surface area contributed by atoms with E-state index in [1.165, 1.54) is 0 Å². The lowest BCUT2D eigenvalue weighted by molar-refractivity contribution is 0.118. The van der Waals surface area contributed by atoms with Crippen molar-refractivity contribution in [2.24, 2.45) is 11.3 Å². The molecule has 0 spiro atoms. The Kier molecular flexibility index (Phi) is 4.18. The number of aliphatic hydroxyl groups excluding tert-OH is 1. The number of benzene rings is 1. The van der Waals surface area contributed by atoms with Gasteiger partial charge < -0.3 is 5.11 Å². The van der Waals surface area contributed by atoms with Crippen molar-refractivity contribution in [1.29, 1.82) is 0 Å². The summed E-state index contributed by atoms with van der Waals surface area (Å²) < 4.78 is 14.6. The van der Waals surface area contributed by atoms with Gasteiger partial charge in [0.25, 0.3) is 0 Å². The van der Waals surface area contributed by atoms with Crippen LogP contribution in [0.3, 0.4) is 0 Å². The molecule has 3 rings (SSSR count). The van der Waals surface area contributed by atoms with Crippen LogP contribution >= 0.6 is 11.6 Å². The lowest BCUT2D eigenvalue weighted by Crippen LogP contribution is -2.38. The van der Waals surface area contributed by atoms with E-state index in [1.807, 2.05) is 22.5 Å². The van der Waals surface area contributed by atoms with Crippen molar-refractivity contribution in [1.82, 2.24) is 4.31 Å². The molecule has 0 bridgehead atoms. The molecule has 3 nitrogen and oxygen atoms in total. The molecule has 1 aromatic rings. The van der Waals surface area contributed by atoms with Gasteiger partial charge in [0.05, 0.1) is 9.92 Å². The average molecular weight is 314 g/mol. The fourth-order valence-electron chi connectivity index (χ4n) is 3.22. The van der Waals surface area contributed by atoms with Gasteiger partial charge >= 0.3 is 0 Å². The number of rotatable bonds is 4. The molecule has 1 unspecified atom stereocenters. The summed E-state index contributed by atoms with van der Waals surface area (Å²) in [5.41, 5.74) is 0.192. The monoisotopic (exact) mass is 313 g/mol. The van der Waals surface area contributed by atoms with E-state index in [4.69, 9.17) is 11.6 Å². The van der Waals surface area contributed by atoms with Crippen LogP contribution in [0.4, 0.5) is 0 Å². The number of nitrogens with zero attached hydrogens (tertiary/aromatic N) is 1. The zero-order valence-corrected chi connectivity index (χ0v) is 13.0. The van der Waals surface area contributed by atoms with Crippen molar-refractivity contribution in [3.05, 3.63) is 29.3 Å². The molecular formula is C15H20ClNO2S. The Morgan fingerprint density at radius 1 is 1.30 bits per heavy atom. The van der Waals surface area contributed by atoms with E-state index in [9.17, 15) is 9.32 Å². The molecule has 1 N–H and O–H groups in total. The third kappa shape index (κ3) is 2.67. The summed E-state index contributed by atoms with van der Waals surface area (Å²) in [4.78, 5) is 0.705. The molecule has 2 fully saturated rings. The van der Waals surface area contributed by atoms with Crippen LogP contribution < -0.4 is 0 Å². The molecule has 20 heavy (non-hydrogen) atoms. The molecule has 1 aliphatic carbocycles. The molecule has 1 saturated heterocycles. The van der Waals surface area contributed by atoms with Crippen LogP contribution in [0.15, 0.2) is 29.2 Å². The van der Waals surface area contributed by atoms with E-state index in [1.54, 1.807) is 6.07 Å². The van der Waals surface area contributed by atoms with E-state index in [2.05, 4.69) is 0 Å². The minimum atomic E-state index is -1.17. The van der Waals surface area contributed by atoms with Gasteiger partial charge in [-0.1, -0.05) is 23.7 Å². The van der Waals surface area contributed by atoms with Gasteiger partial charge in [-0.15, -0.1) is 0 Å². The zero-order valence-electron chi connectivity index (χ0n) is 11.4. The normalized spacial score (nSPS) is 24.5. The third-order valence-corrected chi connectivity index (χ3v) is 6.79. The highest BCUT2D eigenvalue weighted by Crippen LogP contribution is 2.54. The predicted molar refractivity (Wildman–Crippen MR) is 80.9 cm³/mol. The predicted octanol–water partition coefficient (Wildman–Crippen LogP) is 2.85. The summed E-state index contributed by atoms with van der Waals surface area (Å²) in [5.74, 6) is 0.590. The Labute approximate surface area is 127 Å². The SMILES string of the molecule is O=S(c1ccccc1Cl)N1CCC(C2(CO)CC2)CC1. The molecule has 2 aliphatic rings. The van der Waals surface area contributed by atoms with Crippen molar-refractivity contribution < 1.29 is 9.32 Å². The van der Waals surface area contributed by atoms with Gasteiger partial charge in [0, 0.05) is 19.7 Å². The fraction of sp³-hybridized carbons (Fsp3) is 0.600. The second kappa shape index (κ2) is 5.76. The second-order valence-electron chi connectivity index (χ2n) is 5.90. The van der Waals surface area contributed by atoms with E-state index < -0.39 is 11.0 Å². The van der Waals surface area contributed by atoms with E-state index in [-0.39, 0.29) is 5.41 Å². The van der Waals surface area contributed by atoms with Gasteiger partial charge in [-0.05, 0) is 49.1 Å². The van der Waals surface area contributed by atoms with E-state index >= 15 is 0 Å². The van der Waals surface area contributed by atoms with Crippen LogP contribution in [0.1, 0.15) is 25.7 Å². The van der Waals surface area contributed by atoms with Crippen LogP contribution in [0.5, 0.6) is 0 Å². The molecule has 5 heteroatoms. The summed E-state index contributed by atoms with van der Waals surface area (Å²) in [7, 11) is -1.17. The van der Waals surface area contributed by atoms with Crippen LogP contribution in [0.2, 0.25) is 5.02 Å². The number of halogens is 1. The zero-order chi connectivity index (χ0) is 14.2. The van der Waals surface area contributed by atoms with Crippen LogP contribution in [-0.2, 0) is 11.0 Å². The number of piperidine rings is 1. The van der Waals surface area contributed by atoms with Crippen molar-refractivity contribution in [3.8, 4) is 0 Å². The highest BCUT2D eigenvalue weighted by atomic mass is 35.5. The number of aliphatic hydroxyl groups is 1.